The van der Waals surface area contributed by atoms with Crippen LogP contribution in [-0.2, 0) is 4.74 Å². The lowest BCUT2D eigenvalue weighted by Gasteiger charge is -2.33. The highest BCUT2D eigenvalue weighted by Gasteiger charge is 2.26. The minimum absolute atomic E-state index is 0.247. The second kappa shape index (κ2) is 4.94. The molecule has 0 bridgehead atoms. The van der Waals surface area contributed by atoms with Gasteiger partial charge in [-0.2, -0.15) is 0 Å². The molecule has 1 aliphatic rings. The Labute approximate surface area is 80.5 Å². The zero-order chi connectivity index (χ0) is 9.73. The smallest absolute Gasteiger partial charge is 0.0636 e. The fraction of sp³-hybridized carbons (Fsp3) is 1.00. The van der Waals surface area contributed by atoms with E-state index in [4.69, 9.17) is 9.84 Å². The number of aliphatic hydroxyl groups is 1. The molecule has 0 spiro atoms. The SMILES string of the molecule is C[C@H](O)CNCC1(C)CCOCC1. The number of hydrogen-bond acceptors (Lipinski definition) is 3. The predicted octanol–water partition coefficient (Wildman–Crippen LogP) is 0.773. The van der Waals surface area contributed by atoms with Gasteiger partial charge < -0.3 is 15.2 Å². The minimum Gasteiger partial charge on any atom is -0.392 e. The number of nitrogens with one attached hydrogen (secondary N) is 1. The Hall–Kier alpha value is -0.120. The number of ether oxygens (including phenoxy) is 1. The van der Waals surface area contributed by atoms with Gasteiger partial charge in [0.25, 0.3) is 0 Å². The first-order valence-corrected chi connectivity index (χ1v) is 5.09. The fourth-order valence-electron chi connectivity index (χ4n) is 1.62. The number of hydrogen-bond donors (Lipinski definition) is 2. The Bertz CT molecular complexity index is 142. The number of rotatable bonds is 4. The van der Waals surface area contributed by atoms with Crippen molar-refractivity contribution in [1.29, 1.82) is 0 Å². The second-order valence-corrected chi connectivity index (χ2v) is 4.40. The van der Waals surface area contributed by atoms with Gasteiger partial charge in [-0.05, 0) is 25.2 Å². The molecule has 2 N–H and O–H groups in total. The van der Waals surface area contributed by atoms with Gasteiger partial charge in [0.05, 0.1) is 6.10 Å². The van der Waals surface area contributed by atoms with Crippen LogP contribution in [0, 0.1) is 5.41 Å². The maximum Gasteiger partial charge on any atom is 0.0636 e. The zero-order valence-electron chi connectivity index (χ0n) is 8.68. The van der Waals surface area contributed by atoms with Crippen molar-refractivity contribution in [2.75, 3.05) is 26.3 Å². The van der Waals surface area contributed by atoms with Gasteiger partial charge in [-0.25, -0.2) is 0 Å². The summed E-state index contributed by atoms with van der Waals surface area (Å²) in [4.78, 5) is 0. The molecule has 1 rings (SSSR count). The Morgan fingerprint density at radius 1 is 1.46 bits per heavy atom. The van der Waals surface area contributed by atoms with Crippen molar-refractivity contribution in [1.82, 2.24) is 5.32 Å². The van der Waals surface area contributed by atoms with Crippen LogP contribution in [0.4, 0.5) is 0 Å². The molecule has 0 aliphatic carbocycles. The zero-order valence-corrected chi connectivity index (χ0v) is 8.68. The third-order valence-corrected chi connectivity index (χ3v) is 2.69. The van der Waals surface area contributed by atoms with Crippen molar-refractivity contribution in [2.24, 2.45) is 5.41 Å². The monoisotopic (exact) mass is 187 g/mol. The Morgan fingerprint density at radius 2 is 2.08 bits per heavy atom. The summed E-state index contributed by atoms with van der Waals surface area (Å²) < 4.78 is 5.32. The van der Waals surface area contributed by atoms with Gasteiger partial charge in [0.1, 0.15) is 0 Å². The quantitative estimate of drug-likeness (QED) is 0.683. The first-order chi connectivity index (χ1) is 6.12. The predicted molar refractivity (Wildman–Crippen MR) is 52.7 cm³/mol. The molecule has 3 heteroatoms. The van der Waals surface area contributed by atoms with Crippen LogP contribution in [0.2, 0.25) is 0 Å². The lowest BCUT2D eigenvalue weighted by Crippen LogP contribution is -2.39. The standard InChI is InChI=1S/C10H21NO2/c1-9(12)7-11-8-10(2)3-5-13-6-4-10/h9,11-12H,3-8H2,1-2H3/t9-/m0/s1. The molecule has 1 fully saturated rings. The van der Waals surface area contributed by atoms with Crippen LogP contribution in [0.3, 0.4) is 0 Å². The van der Waals surface area contributed by atoms with E-state index < -0.39 is 0 Å². The van der Waals surface area contributed by atoms with Gasteiger partial charge in [0, 0.05) is 26.3 Å². The molecule has 0 unspecified atom stereocenters. The van der Waals surface area contributed by atoms with Crippen LogP contribution < -0.4 is 5.32 Å². The molecule has 3 nitrogen and oxygen atoms in total. The largest absolute Gasteiger partial charge is 0.392 e. The van der Waals surface area contributed by atoms with E-state index in [-0.39, 0.29) is 6.10 Å². The average molecular weight is 187 g/mol. The fourth-order valence-corrected chi connectivity index (χ4v) is 1.62. The molecule has 1 atom stereocenters. The van der Waals surface area contributed by atoms with Crippen LogP contribution in [0.1, 0.15) is 26.7 Å². The molecule has 0 amide bonds. The van der Waals surface area contributed by atoms with Crippen molar-refractivity contribution in [3.63, 3.8) is 0 Å². The lowest BCUT2D eigenvalue weighted by atomic mass is 9.82. The van der Waals surface area contributed by atoms with E-state index in [1.807, 2.05) is 0 Å². The second-order valence-electron chi connectivity index (χ2n) is 4.40. The summed E-state index contributed by atoms with van der Waals surface area (Å²) in [5.41, 5.74) is 0.368. The molecule has 78 valence electrons. The maximum atomic E-state index is 9.08. The summed E-state index contributed by atoms with van der Waals surface area (Å²) >= 11 is 0. The molecule has 0 aromatic heterocycles. The van der Waals surface area contributed by atoms with E-state index in [9.17, 15) is 0 Å². The Morgan fingerprint density at radius 3 is 2.62 bits per heavy atom. The van der Waals surface area contributed by atoms with Gasteiger partial charge in [-0.1, -0.05) is 6.92 Å². The Balaban J connectivity index is 2.17. The maximum absolute atomic E-state index is 9.08. The molecule has 13 heavy (non-hydrogen) atoms. The van der Waals surface area contributed by atoms with Crippen LogP contribution in [-0.4, -0.2) is 37.5 Å². The van der Waals surface area contributed by atoms with Crippen molar-refractivity contribution < 1.29 is 9.84 Å². The van der Waals surface area contributed by atoms with E-state index in [0.717, 1.165) is 32.6 Å². The average Bonchev–Trinajstić information content (AvgIpc) is 2.04. The first-order valence-electron chi connectivity index (χ1n) is 5.09. The summed E-state index contributed by atoms with van der Waals surface area (Å²) in [6.07, 6.45) is 2.00. The summed E-state index contributed by atoms with van der Waals surface area (Å²) in [5, 5.41) is 12.4. The topological polar surface area (TPSA) is 41.5 Å². The first kappa shape index (κ1) is 11.0. The summed E-state index contributed by atoms with van der Waals surface area (Å²) in [6, 6.07) is 0. The van der Waals surface area contributed by atoms with Crippen molar-refractivity contribution in [2.45, 2.75) is 32.8 Å². The van der Waals surface area contributed by atoms with Crippen molar-refractivity contribution in [3.05, 3.63) is 0 Å². The van der Waals surface area contributed by atoms with E-state index in [1.54, 1.807) is 6.92 Å². The van der Waals surface area contributed by atoms with E-state index in [2.05, 4.69) is 12.2 Å². The molecule has 0 saturated carbocycles. The molecule has 1 heterocycles. The third kappa shape index (κ3) is 4.07. The van der Waals surface area contributed by atoms with Gasteiger partial charge in [0.2, 0.25) is 0 Å². The molecule has 0 radical (unpaired) electrons. The third-order valence-electron chi connectivity index (χ3n) is 2.69. The summed E-state index contributed by atoms with van der Waals surface area (Å²) in [6.45, 7) is 7.53. The van der Waals surface area contributed by atoms with Crippen LogP contribution >= 0.6 is 0 Å². The molecule has 0 aromatic carbocycles. The van der Waals surface area contributed by atoms with Crippen LogP contribution in [0.15, 0.2) is 0 Å². The lowest BCUT2D eigenvalue weighted by molar-refractivity contribution is 0.0230. The normalized spacial score (nSPS) is 24.2. The molecule has 1 aliphatic heterocycles. The number of aliphatic hydroxyl groups excluding tert-OH is 1. The summed E-state index contributed by atoms with van der Waals surface area (Å²) in [7, 11) is 0. The van der Waals surface area contributed by atoms with Crippen LogP contribution in [0.25, 0.3) is 0 Å². The highest BCUT2D eigenvalue weighted by atomic mass is 16.5. The Kier molecular flexibility index (Phi) is 4.16. The highest BCUT2D eigenvalue weighted by Crippen LogP contribution is 2.28. The van der Waals surface area contributed by atoms with Gasteiger partial charge in [-0.15, -0.1) is 0 Å². The molecule has 0 aromatic rings. The molecular weight excluding hydrogens is 166 g/mol. The van der Waals surface area contributed by atoms with Crippen molar-refractivity contribution >= 4 is 0 Å². The minimum atomic E-state index is -0.247. The van der Waals surface area contributed by atoms with E-state index in [0.29, 0.717) is 12.0 Å². The van der Waals surface area contributed by atoms with E-state index >= 15 is 0 Å². The van der Waals surface area contributed by atoms with Crippen molar-refractivity contribution in [3.8, 4) is 0 Å². The molecular formula is C10H21NO2. The van der Waals surface area contributed by atoms with Gasteiger partial charge >= 0.3 is 0 Å². The van der Waals surface area contributed by atoms with Gasteiger partial charge in [-0.3, -0.25) is 0 Å². The molecule has 1 saturated heterocycles. The van der Waals surface area contributed by atoms with E-state index in [1.165, 1.54) is 0 Å². The summed E-state index contributed by atoms with van der Waals surface area (Å²) in [5.74, 6) is 0. The van der Waals surface area contributed by atoms with Gasteiger partial charge in [0.15, 0.2) is 0 Å². The highest BCUT2D eigenvalue weighted by molar-refractivity contribution is 4.79. The van der Waals surface area contributed by atoms with Crippen LogP contribution in [0.5, 0.6) is 0 Å².